The van der Waals surface area contributed by atoms with E-state index >= 15 is 0 Å². The number of benzene rings is 1. The predicted octanol–water partition coefficient (Wildman–Crippen LogP) is 4.22. The Kier molecular flexibility index (Phi) is 7.97. The van der Waals surface area contributed by atoms with Crippen LogP contribution < -0.4 is 10.6 Å². The van der Waals surface area contributed by atoms with E-state index in [4.69, 9.17) is 0 Å². The van der Waals surface area contributed by atoms with E-state index in [0.29, 0.717) is 18.2 Å². The molecule has 1 aromatic rings. The van der Waals surface area contributed by atoms with Crippen molar-refractivity contribution in [2.24, 2.45) is 5.92 Å². The van der Waals surface area contributed by atoms with Gasteiger partial charge in [-0.15, -0.1) is 0 Å². The van der Waals surface area contributed by atoms with Crippen molar-refractivity contribution in [3.8, 4) is 0 Å². The molecular formula is C19H27N3O3S. The highest BCUT2D eigenvalue weighted by atomic mass is 32.2. The molecule has 142 valence electrons. The number of rotatable bonds is 9. The summed E-state index contributed by atoms with van der Waals surface area (Å²) >= 11 is 1.03. The molecule has 4 amide bonds. The Balaban J connectivity index is 1.80. The Morgan fingerprint density at radius 1 is 1.23 bits per heavy atom. The Bertz CT molecular complexity index is 617. The lowest BCUT2D eigenvalue weighted by Crippen LogP contribution is -2.33. The second-order valence-corrected chi connectivity index (χ2v) is 7.41. The van der Waals surface area contributed by atoms with Crippen LogP contribution in [0.5, 0.6) is 0 Å². The van der Waals surface area contributed by atoms with Crippen molar-refractivity contribution in [3.63, 3.8) is 0 Å². The minimum absolute atomic E-state index is 0.157. The number of hydrogen-bond donors (Lipinski definition) is 2. The molecule has 0 radical (unpaired) electrons. The second-order valence-electron chi connectivity index (χ2n) is 6.48. The van der Waals surface area contributed by atoms with Gasteiger partial charge in [-0.25, -0.2) is 4.79 Å². The van der Waals surface area contributed by atoms with Gasteiger partial charge in [-0.3, -0.25) is 14.5 Å². The monoisotopic (exact) mass is 377 g/mol. The lowest BCUT2D eigenvalue weighted by atomic mass is 9.99. The van der Waals surface area contributed by atoms with Crippen LogP contribution in [0.25, 0.3) is 0 Å². The highest BCUT2D eigenvalue weighted by molar-refractivity contribution is 8.14. The first-order chi connectivity index (χ1) is 12.5. The summed E-state index contributed by atoms with van der Waals surface area (Å²) in [5, 5.41) is 5.54. The number of unbranched alkanes of at least 4 members (excludes halogenated alkanes) is 1. The minimum Gasteiger partial charge on any atom is -0.338 e. The van der Waals surface area contributed by atoms with Crippen LogP contribution in [-0.2, 0) is 11.3 Å². The van der Waals surface area contributed by atoms with E-state index < -0.39 is 0 Å². The van der Waals surface area contributed by atoms with Gasteiger partial charge in [-0.2, -0.15) is 0 Å². The standard InChI is InChI=1S/C19H27N3O3S/c1-3-5-6-14(4-2)11-20-18(24)21-16-9-7-15(8-10-16)12-22-17(23)13-26-19(22)25/h7-10,14H,3-6,11-13H2,1-2H3,(H2,20,21,24). The average molecular weight is 378 g/mol. The maximum absolute atomic E-state index is 12.0. The summed E-state index contributed by atoms with van der Waals surface area (Å²) < 4.78 is 0. The molecular weight excluding hydrogens is 350 g/mol. The molecule has 1 aliphatic rings. The summed E-state index contributed by atoms with van der Waals surface area (Å²) in [6.07, 6.45) is 4.54. The topological polar surface area (TPSA) is 78.5 Å². The molecule has 1 aromatic carbocycles. The summed E-state index contributed by atoms with van der Waals surface area (Å²) in [6, 6.07) is 6.97. The van der Waals surface area contributed by atoms with Gasteiger partial charge in [0.15, 0.2) is 0 Å². The van der Waals surface area contributed by atoms with Crippen molar-refractivity contribution in [1.29, 1.82) is 0 Å². The summed E-state index contributed by atoms with van der Waals surface area (Å²) in [6.45, 7) is 5.27. The molecule has 1 unspecified atom stereocenters. The van der Waals surface area contributed by atoms with Gasteiger partial charge in [0.2, 0.25) is 5.91 Å². The maximum atomic E-state index is 12.0. The summed E-state index contributed by atoms with van der Waals surface area (Å²) in [7, 11) is 0. The SMILES string of the molecule is CCCCC(CC)CNC(=O)Nc1ccc(CN2C(=O)CSC2=O)cc1. The van der Waals surface area contributed by atoms with Gasteiger partial charge in [-0.05, 0) is 30.0 Å². The molecule has 0 saturated carbocycles. The van der Waals surface area contributed by atoms with Crippen LogP contribution in [0.3, 0.4) is 0 Å². The van der Waals surface area contributed by atoms with Crippen molar-refractivity contribution in [3.05, 3.63) is 29.8 Å². The molecule has 0 aromatic heterocycles. The largest absolute Gasteiger partial charge is 0.338 e. The van der Waals surface area contributed by atoms with E-state index in [1.807, 2.05) is 12.1 Å². The quantitative estimate of drug-likeness (QED) is 0.675. The predicted molar refractivity (Wildman–Crippen MR) is 105 cm³/mol. The number of nitrogens with zero attached hydrogens (tertiary/aromatic N) is 1. The minimum atomic E-state index is -0.214. The van der Waals surface area contributed by atoms with Gasteiger partial charge in [0.1, 0.15) is 0 Å². The molecule has 0 spiro atoms. The fraction of sp³-hybridized carbons (Fsp3) is 0.526. The van der Waals surface area contributed by atoms with E-state index in [0.717, 1.165) is 30.2 Å². The highest BCUT2D eigenvalue weighted by Crippen LogP contribution is 2.21. The number of hydrogen-bond acceptors (Lipinski definition) is 4. The Labute approximate surface area is 159 Å². The zero-order chi connectivity index (χ0) is 18.9. The van der Waals surface area contributed by atoms with Crippen LogP contribution in [0.15, 0.2) is 24.3 Å². The Morgan fingerprint density at radius 2 is 1.96 bits per heavy atom. The lowest BCUT2D eigenvalue weighted by Gasteiger charge is -2.16. The first kappa shape index (κ1) is 20.3. The van der Waals surface area contributed by atoms with Crippen LogP contribution in [0.1, 0.15) is 45.1 Å². The van der Waals surface area contributed by atoms with Crippen molar-refractivity contribution >= 4 is 34.6 Å². The van der Waals surface area contributed by atoms with Crippen LogP contribution in [-0.4, -0.2) is 34.4 Å². The summed E-state index contributed by atoms with van der Waals surface area (Å²) in [5.41, 5.74) is 1.53. The molecule has 0 bridgehead atoms. The molecule has 1 fully saturated rings. The molecule has 0 aliphatic carbocycles. The van der Waals surface area contributed by atoms with Crippen LogP contribution in [0.2, 0.25) is 0 Å². The molecule has 6 nitrogen and oxygen atoms in total. The van der Waals surface area contributed by atoms with Gasteiger partial charge in [0.25, 0.3) is 5.24 Å². The summed E-state index contributed by atoms with van der Waals surface area (Å²) in [4.78, 5) is 36.5. The number of anilines is 1. The van der Waals surface area contributed by atoms with Crippen LogP contribution in [0.4, 0.5) is 15.3 Å². The molecule has 1 aliphatic heterocycles. The molecule has 2 rings (SSSR count). The number of amides is 4. The first-order valence-corrected chi connectivity index (χ1v) is 10.1. The number of carbonyl (C=O) groups excluding carboxylic acids is 3. The zero-order valence-electron chi connectivity index (χ0n) is 15.4. The molecule has 7 heteroatoms. The molecule has 2 N–H and O–H groups in total. The third-order valence-electron chi connectivity index (χ3n) is 4.49. The molecule has 1 saturated heterocycles. The van der Waals surface area contributed by atoms with Gasteiger partial charge in [0.05, 0.1) is 12.3 Å². The van der Waals surface area contributed by atoms with Crippen molar-refractivity contribution < 1.29 is 14.4 Å². The fourth-order valence-electron chi connectivity index (χ4n) is 2.77. The zero-order valence-corrected chi connectivity index (χ0v) is 16.2. The number of carbonyl (C=O) groups is 3. The molecule has 1 heterocycles. The first-order valence-electron chi connectivity index (χ1n) is 9.14. The van der Waals surface area contributed by atoms with Crippen LogP contribution >= 0.6 is 11.8 Å². The van der Waals surface area contributed by atoms with Gasteiger partial charge < -0.3 is 10.6 Å². The number of nitrogens with one attached hydrogen (secondary N) is 2. The van der Waals surface area contributed by atoms with Crippen molar-refractivity contribution in [1.82, 2.24) is 10.2 Å². The number of thioether (sulfide) groups is 1. The second kappa shape index (κ2) is 10.2. The third-order valence-corrected chi connectivity index (χ3v) is 5.35. The van der Waals surface area contributed by atoms with Gasteiger partial charge in [0, 0.05) is 12.2 Å². The van der Waals surface area contributed by atoms with E-state index in [1.54, 1.807) is 12.1 Å². The van der Waals surface area contributed by atoms with E-state index in [9.17, 15) is 14.4 Å². The number of imide groups is 1. The van der Waals surface area contributed by atoms with Gasteiger partial charge >= 0.3 is 6.03 Å². The highest BCUT2D eigenvalue weighted by Gasteiger charge is 2.29. The molecule has 26 heavy (non-hydrogen) atoms. The van der Waals surface area contributed by atoms with E-state index in [-0.39, 0.29) is 29.5 Å². The van der Waals surface area contributed by atoms with Crippen molar-refractivity contribution in [2.45, 2.75) is 46.1 Å². The Morgan fingerprint density at radius 3 is 2.54 bits per heavy atom. The lowest BCUT2D eigenvalue weighted by molar-refractivity contribution is -0.125. The van der Waals surface area contributed by atoms with Crippen molar-refractivity contribution in [2.75, 3.05) is 17.6 Å². The maximum Gasteiger partial charge on any atom is 0.319 e. The normalized spacial score (nSPS) is 15.2. The molecule has 1 atom stereocenters. The average Bonchev–Trinajstić information content (AvgIpc) is 2.95. The van der Waals surface area contributed by atoms with E-state index in [2.05, 4.69) is 24.5 Å². The third kappa shape index (κ3) is 6.05. The smallest absolute Gasteiger partial charge is 0.319 e. The number of urea groups is 1. The summed E-state index contributed by atoms with van der Waals surface area (Å²) in [5.74, 6) is 0.571. The van der Waals surface area contributed by atoms with Gasteiger partial charge in [-0.1, -0.05) is 57.0 Å². The van der Waals surface area contributed by atoms with Crippen LogP contribution in [0, 0.1) is 5.92 Å². The van der Waals surface area contributed by atoms with E-state index in [1.165, 1.54) is 17.7 Å². The fourth-order valence-corrected chi connectivity index (χ4v) is 3.49. The Hall–Kier alpha value is -2.02.